The summed E-state index contributed by atoms with van der Waals surface area (Å²) in [5, 5.41) is 0.613. The van der Waals surface area contributed by atoms with Crippen LogP contribution in [0, 0.1) is 7.14 Å². The molecule has 1 aliphatic heterocycles. The summed E-state index contributed by atoms with van der Waals surface area (Å²) in [5.41, 5.74) is 1.52. The molecule has 1 heterocycles. The Kier molecular flexibility index (Phi) is 6.25. The van der Waals surface area contributed by atoms with E-state index < -0.39 is 0 Å². The van der Waals surface area contributed by atoms with Gasteiger partial charge in [-0.25, -0.2) is 0 Å². The van der Waals surface area contributed by atoms with Crippen LogP contribution in [-0.2, 0) is 4.79 Å². The molecule has 2 fully saturated rings. The van der Waals surface area contributed by atoms with Crippen molar-refractivity contribution < 1.29 is 9.53 Å². The molecule has 0 radical (unpaired) electrons. The van der Waals surface area contributed by atoms with Crippen LogP contribution in [0.1, 0.15) is 37.7 Å². The van der Waals surface area contributed by atoms with Gasteiger partial charge in [0.2, 0.25) is 0 Å². The van der Waals surface area contributed by atoms with E-state index in [1.165, 1.54) is 19.3 Å². The normalized spacial score (nSPS) is 20.7. The number of thiocarbonyl (C=S) groups is 1. The van der Waals surface area contributed by atoms with E-state index in [1.807, 2.05) is 29.0 Å². The van der Waals surface area contributed by atoms with Crippen molar-refractivity contribution >= 4 is 74.5 Å². The Morgan fingerprint density at radius 1 is 1.24 bits per heavy atom. The first-order valence-corrected chi connectivity index (χ1v) is 10.9. The molecule has 7 heteroatoms. The van der Waals surface area contributed by atoms with E-state index in [1.54, 1.807) is 7.11 Å². The van der Waals surface area contributed by atoms with Crippen molar-refractivity contribution in [3.05, 3.63) is 30.5 Å². The number of rotatable bonds is 3. The molecule has 4 nitrogen and oxygen atoms in total. The zero-order chi connectivity index (χ0) is 18.1. The number of ether oxygens (including phenoxy) is 1. The van der Waals surface area contributed by atoms with E-state index >= 15 is 0 Å². The molecule has 1 aliphatic carbocycles. The second kappa shape index (κ2) is 8.08. The molecular formula is C18H20I2N2O2S. The Hall–Kier alpha value is -0.420. The molecule has 1 saturated heterocycles. The predicted molar refractivity (Wildman–Crippen MR) is 120 cm³/mol. The van der Waals surface area contributed by atoms with Gasteiger partial charge >= 0.3 is 0 Å². The molecule has 0 bridgehead atoms. The molecule has 3 rings (SSSR count). The van der Waals surface area contributed by atoms with Gasteiger partial charge in [-0.1, -0.05) is 19.3 Å². The summed E-state index contributed by atoms with van der Waals surface area (Å²) < 4.78 is 7.68. The zero-order valence-electron chi connectivity index (χ0n) is 14.2. The van der Waals surface area contributed by atoms with Crippen molar-refractivity contribution in [1.82, 2.24) is 9.80 Å². The lowest BCUT2D eigenvalue weighted by Crippen LogP contribution is -2.41. The van der Waals surface area contributed by atoms with Gasteiger partial charge in [0.25, 0.3) is 5.91 Å². The van der Waals surface area contributed by atoms with E-state index in [0.717, 1.165) is 31.3 Å². The minimum absolute atomic E-state index is 0.00956. The maximum atomic E-state index is 13.1. The first-order chi connectivity index (χ1) is 11.9. The molecule has 0 N–H and O–H groups in total. The quantitative estimate of drug-likeness (QED) is 0.296. The molecule has 1 aromatic rings. The fourth-order valence-corrected chi connectivity index (χ4v) is 5.93. The monoisotopic (exact) mass is 582 g/mol. The number of carbonyl (C=O) groups excluding carboxylic acids is 1. The average Bonchev–Trinajstić information content (AvgIpc) is 2.79. The van der Waals surface area contributed by atoms with Crippen molar-refractivity contribution in [3.63, 3.8) is 0 Å². The highest BCUT2D eigenvalue weighted by Crippen LogP contribution is 2.34. The first-order valence-electron chi connectivity index (χ1n) is 8.30. The number of hydrogen-bond acceptors (Lipinski definition) is 3. The van der Waals surface area contributed by atoms with E-state index in [0.29, 0.717) is 10.8 Å². The Labute approximate surface area is 181 Å². The Morgan fingerprint density at radius 2 is 1.92 bits per heavy atom. The average molecular weight is 582 g/mol. The van der Waals surface area contributed by atoms with Crippen molar-refractivity contribution in [2.45, 2.75) is 38.1 Å². The Bertz CT molecular complexity index is 745. The summed E-state index contributed by atoms with van der Waals surface area (Å²) >= 11 is 10.1. The number of hydrogen-bond donors (Lipinski definition) is 0. The molecule has 25 heavy (non-hydrogen) atoms. The topological polar surface area (TPSA) is 32.8 Å². The number of carbonyl (C=O) groups is 1. The lowest BCUT2D eigenvalue weighted by molar-refractivity contribution is -0.124. The summed E-state index contributed by atoms with van der Waals surface area (Å²) in [5.74, 6) is 0.798. The van der Waals surface area contributed by atoms with Crippen LogP contribution in [0.2, 0.25) is 0 Å². The largest absolute Gasteiger partial charge is 0.495 e. The van der Waals surface area contributed by atoms with E-state index in [2.05, 4.69) is 51.2 Å². The molecule has 0 unspecified atom stereocenters. The maximum Gasteiger partial charge on any atom is 0.277 e. The molecule has 134 valence electrons. The van der Waals surface area contributed by atoms with Crippen molar-refractivity contribution in [2.24, 2.45) is 0 Å². The highest BCUT2D eigenvalue weighted by Gasteiger charge is 2.40. The third-order valence-corrected chi connectivity index (χ3v) is 6.66. The summed E-state index contributed by atoms with van der Waals surface area (Å²) in [6.07, 6.45) is 7.57. The molecule has 0 atom stereocenters. The molecule has 0 aromatic heterocycles. The van der Waals surface area contributed by atoms with Crippen LogP contribution >= 0.6 is 57.4 Å². The highest BCUT2D eigenvalue weighted by atomic mass is 127. The number of likely N-dealkylation sites (N-methyl/N-ethyl adjacent to an activating group) is 1. The lowest BCUT2D eigenvalue weighted by atomic mass is 9.94. The third-order valence-electron chi connectivity index (χ3n) is 4.77. The van der Waals surface area contributed by atoms with Crippen LogP contribution in [0.15, 0.2) is 17.8 Å². The number of benzene rings is 1. The van der Waals surface area contributed by atoms with Crippen molar-refractivity contribution in [2.75, 3.05) is 14.2 Å². The van der Waals surface area contributed by atoms with E-state index in [9.17, 15) is 4.79 Å². The van der Waals surface area contributed by atoms with Crippen molar-refractivity contribution in [1.29, 1.82) is 0 Å². The zero-order valence-corrected chi connectivity index (χ0v) is 19.4. The maximum absolute atomic E-state index is 13.1. The van der Waals surface area contributed by atoms with Crippen LogP contribution < -0.4 is 4.74 Å². The van der Waals surface area contributed by atoms with Gasteiger partial charge in [-0.05, 0) is 88.5 Å². The number of nitrogens with zero attached hydrogens (tertiary/aromatic N) is 2. The van der Waals surface area contributed by atoms with Crippen LogP contribution in [0.4, 0.5) is 0 Å². The Balaban J connectivity index is 1.98. The minimum Gasteiger partial charge on any atom is -0.495 e. The SMILES string of the molecule is COc1c(I)cc(I)cc1/C=C1/C(=O)N(C2CCCCC2)C(=S)N1C. The fourth-order valence-electron chi connectivity index (χ4n) is 3.49. The summed E-state index contributed by atoms with van der Waals surface area (Å²) in [6.45, 7) is 0. The fraction of sp³-hybridized carbons (Fsp3) is 0.444. The molecular weight excluding hydrogens is 562 g/mol. The van der Waals surface area contributed by atoms with Crippen LogP contribution in [0.5, 0.6) is 5.75 Å². The number of halogens is 2. The second-order valence-electron chi connectivity index (χ2n) is 6.35. The van der Waals surface area contributed by atoms with Crippen LogP contribution in [0.25, 0.3) is 6.08 Å². The van der Waals surface area contributed by atoms with E-state index in [-0.39, 0.29) is 11.9 Å². The van der Waals surface area contributed by atoms with Gasteiger partial charge in [-0.2, -0.15) is 0 Å². The summed E-state index contributed by atoms with van der Waals surface area (Å²) in [6, 6.07) is 4.32. The smallest absolute Gasteiger partial charge is 0.277 e. The van der Waals surface area contributed by atoms with Gasteiger partial charge in [0.15, 0.2) is 5.11 Å². The van der Waals surface area contributed by atoms with Crippen molar-refractivity contribution in [3.8, 4) is 5.75 Å². The molecule has 1 saturated carbocycles. The lowest BCUT2D eigenvalue weighted by Gasteiger charge is -2.30. The van der Waals surface area contributed by atoms with E-state index in [4.69, 9.17) is 17.0 Å². The number of amides is 1. The summed E-state index contributed by atoms with van der Waals surface area (Å²) in [7, 11) is 3.53. The third kappa shape index (κ3) is 3.83. The first kappa shape index (κ1) is 19.3. The predicted octanol–water partition coefficient (Wildman–Crippen LogP) is 4.64. The van der Waals surface area contributed by atoms with Gasteiger partial charge in [-0.3, -0.25) is 9.69 Å². The highest BCUT2D eigenvalue weighted by molar-refractivity contribution is 14.1. The second-order valence-corrected chi connectivity index (χ2v) is 9.12. The van der Waals surface area contributed by atoms with Gasteiger partial charge in [0, 0.05) is 22.2 Å². The molecule has 1 aromatic carbocycles. The molecule has 0 spiro atoms. The van der Waals surface area contributed by atoms with Crippen LogP contribution in [-0.4, -0.2) is 41.0 Å². The number of methoxy groups -OCH3 is 1. The minimum atomic E-state index is 0.00956. The van der Waals surface area contributed by atoms with Gasteiger partial charge in [-0.15, -0.1) is 0 Å². The molecule has 2 aliphatic rings. The standard InChI is InChI=1S/C18H20I2N2O2S/c1-21-15(9-11-8-12(19)10-14(20)16(11)24-2)17(23)22(18(21)25)13-6-4-3-5-7-13/h8-10,13H,3-7H2,1-2H3/b15-9-. The van der Waals surface area contributed by atoms with Gasteiger partial charge in [0.1, 0.15) is 11.4 Å². The van der Waals surface area contributed by atoms with Crippen LogP contribution in [0.3, 0.4) is 0 Å². The summed E-state index contributed by atoms with van der Waals surface area (Å²) in [4.78, 5) is 16.7. The van der Waals surface area contributed by atoms with Gasteiger partial charge < -0.3 is 9.64 Å². The molecule has 1 amide bonds. The van der Waals surface area contributed by atoms with Gasteiger partial charge in [0.05, 0.1) is 10.7 Å². The Morgan fingerprint density at radius 3 is 2.56 bits per heavy atom.